The van der Waals surface area contributed by atoms with Gasteiger partial charge in [-0.15, -0.1) is 0 Å². The molecule has 0 spiro atoms. The summed E-state index contributed by atoms with van der Waals surface area (Å²) in [5.74, 6) is -0.162. The van der Waals surface area contributed by atoms with Crippen molar-refractivity contribution in [2.45, 2.75) is 0 Å². The molecule has 0 aliphatic heterocycles. The molecule has 0 radical (unpaired) electrons. The molecule has 19 heavy (non-hydrogen) atoms. The standard InChI is InChI=1S/C16H14O3/c1-19-16-10-13(14(17)11-15(16)18)9-5-8-12-6-3-2-4-7-12/h2-11,17H,1H3. The number of rotatable bonds is 3. The van der Waals surface area contributed by atoms with E-state index in [0.717, 1.165) is 11.6 Å². The Kier molecular flexibility index (Phi) is 3.98. The average molecular weight is 254 g/mol. The van der Waals surface area contributed by atoms with Crippen LogP contribution in [0.2, 0.25) is 0 Å². The summed E-state index contributed by atoms with van der Waals surface area (Å²) < 4.78 is 4.94. The second kappa shape index (κ2) is 5.87. The fourth-order valence-corrected chi connectivity index (χ4v) is 1.68. The lowest BCUT2D eigenvalue weighted by Gasteiger charge is -2.10. The number of ether oxygens (including phenoxy) is 1. The summed E-state index contributed by atoms with van der Waals surface area (Å²) in [5.41, 5.74) is 1.61. The van der Waals surface area contributed by atoms with E-state index in [1.165, 1.54) is 13.2 Å². The molecule has 0 amide bonds. The first kappa shape index (κ1) is 12.9. The van der Waals surface area contributed by atoms with E-state index < -0.39 is 0 Å². The van der Waals surface area contributed by atoms with Gasteiger partial charge in [0.05, 0.1) is 7.11 Å². The van der Waals surface area contributed by atoms with Gasteiger partial charge in [-0.25, -0.2) is 0 Å². The molecule has 3 heteroatoms. The third kappa shape index (κ3) is 3.22. The number of hydrogen-bond acceptors (Lipinski definition) is 3. The van der Waals surface area contributed by atoms with E-state index in [4.69, 9.17) is 4.74 Å². The molecular weight excluding hydrogens is 240 g/mol. The highest BCUT2D eigenvalue weighted by atomic mass is 16.5. The number of aliphatic hydroxyl groups excluding tert-OH is 1. The summed E-state index contributed by atoms with van der Waals surface area (Å²) in [5, 5.41) is 9.69. The number of allylic oxidation sites excluding steroid dienone is 4. The first-order valence-electron chi connectivity index (χ1n) is 5.85. The molecule has 0 unspecified atom stereocenters. The van der Waals surface area contributed by atoms with Crippen molar-refractivity contribution >= 4 is 11.9 Å². The van der Waals surface area contributed by atoms with Crippen LogP contribution >= 0.6 is 0 Å². The Hall–Kier alpha value is -2.55. The number of benzene rings is 1. The molecular formula is C16H14O3. The van der Waals surface area contributed by atoms with Crippen LogP contribution in [-0.2, 0) is 9.53 Å². The van der Waals surface area contributed by atoms with Crippen molar-refractivity contribution in [3.05, 3.63) is 77.3 Å². The normalized spacial score (nSPS) is 17.5. The molecule has 1 N–H and O–H groups in total. The Morgan fingerprint density at radius 1 is 1.16 bits per heavy atom. The SMILES string of the molecule is COC1=CC(=CC=Cc2ccccc2)C(O)=CC1=O. The van der Waals surface area contributed by atoms with E-state index in [2.05, 4.69) is 0 Å². The van der Waals surface area contributed by atoms with Gasteiger partial charge in [0.2, 0.25) is 5.78 Å². The number of aliphatic hydroxyl groups is 1. The van der Waals surface area contributed by atoms with Gasteiger partial charge < -0.3 is 9.84 Å². The fourth-order valence-electron chi connectivity index (χ4n) is 1.68. The van der Waals surface area contributed by atoms with E-state index in [1.54, 1.807) is 6.08 Å². The second-order valence-electron chi connectivity index (χ2n) is 4.00. The minimum Gasteiger partial charge on any atom is -0.507 e. The van der Waals surface area contributed by atoms with Crippen molar-refractivity contribution in [1.82, 2.24) is 0 Å². The third-order valence-corrected chi connectivity index (χ3v) is 2.68. The third-order valence-electron chi connectivity index (χ3n) is 2.68. The molecule has 3 nitrogen and oxygen atoms in total. The van der Waals surface area contributed by atoms with Gasteiger partial charge in [0.25, 0.3) is 0 Å². The van der Waals surface area contributed by atoms with E-state index in [-0.39, 0.29) is 17.3 Å². The van der Waals surface area contributed by atoms with Crippen LogP contribution in [0.1, 0.15) is 5.56 Å². The summed E-state index contributed by atoms with van der Waals surface area (Å²) >= 11 is 0. The van der Waals surface area contributed by atoms with Gasteiger partial charge in [-0.3, -0.25) is 4.79 Å². The van der Waals surface area contributed by atoms with Crippen molar-refractivity contribution in [3.63, 3.8) is 0 Å². The molecule has 1 aliphatic carbocycles. The maximum atomic E-state index is 11.4. The van der Waals surface area contributed by atoms with Gasteiger partial charge in [0, 0.05) is 11.6 Å². The molecule has 1 aromatic carbocycles. The summed E-state index contributed by atoms with van der Waals surface area (Å²) in [6.07, 6.45) is 8.13. The topological polar surface area (TPSA) is 46.5 Å². The lowest BCUT2D eigenvalue weighted by Crippen LogP contribution is -2.08. The van der Waals surface area contributed by atoms with Crippen LogP contribution < -0.4 is 0 Å². The monoisotopic (exact) mass is 254 g/mol. The molecule has 0 atom stereocenters. The van der Waals surface area contributed by atoms with Crippen molar-refractivity contribution < 1.29 is 14.6 Å². The highest BCUT2D eigenvalue weighted by molar-refractivity contribution is 6.05. The zero-order chi connectivity index (χ0) is 13.7. The molecule has 1 aromatic rings. The molecule has 0 heterocycles. The first-order valence-corrected chi connectivity index (χ1v) is 5.85. The Labute approximate surface area is 111 Å². The maximum absolute atomic E-state index is 11.4. The number of methoxy groups -OCH3 is 1. The van der Waals surface area contributed by atoms with Crippen LogP contribution in [0.4, 0.5) is 0 Å². The van der Waals surface area contributed by atoms with E-state index in [1.807, 2.05) is 42.5 Å². The Bertz CT molecular complexity index is 590. The predicted molar refractivity (Wildman–Crippen MR) is 74.4 cm³/mol. The lowest BCUT2D eigenvalue weighted by atomic mass is 10.0. The highest BCUT2D eigenvalue weighted by Gasteiger charge is 2.16. The summed E-state index contributed by atoms with van der Waals surface area (Å²) in [4.78, 5) is 11.4. The molecule has 0 fully saturated rings. The van der Waals surface area contributed by atoms with Gasteiger partial charge in [0.1, 0.15) is 5.76 Å². The highest BCUT2D eigenvalue weighted by Crippen LogP contribution is 2.19. The quantitative estimate of drug-likeness (QED) is 0.901. The Balaban J connectivity index is 2.19. The van der Waals surface area contributed by atoms with Crippen LogP contribution in [0.25, 0.3) is 6.08 Å². The Morgan fingerprint density at radius 3 is 2.58 bits per heavy atom. The number of carbonyl (C=O) groups excluding carboxylic acids is 1. The summed E-state index contributed by atoms with van der Waals surface area (Å²) in [7, 11) is 1.43. The molecule has 0 aromatic heterocycles. The number of hydrogen-bond donors (Lipinski definition) is 1. The first-order chi connectivity index (χ1) is 9.20. The predicted octanol–water partition coefficient (Wildman–Crippen LogP) is 3.18. The molecule has 96 valence electrons. The molecule has 1 aliphatic rings. The van der Waals surface area contributed by atoms with E-state index in [0.29, 0.717) is 5.57 Å². The summed E-state index contributed by atoms with van der Waals surface area (Å²) in [6, 6.07) is 9.81. The smallest absolute Gasteiger partial charge is 0.224 e. The fraction of sp³-hybridized carbons (Fsp3) is 0.0625. The van der Waals surface area contributed by atoms with Crippen LogP contribution in [0.15, 0.2) is 71.7 Å². The van der Waals surface area contributed by atoms with Crippen molar-refractivity contribution in [1.29, 1.82) is 0 Å². The van der Waals surface area contributed by atoms with Crippen molar-refractivity contribution in [2.75, 3.05) is 7.11 Å². The van der Waals surface area contributed by atoms with Crippen LogP contribution in [0.3, 0.4) is 0 Å². The zero-order valence-electron chi connectivity index (χ0n) is 10.5. The van der Waals surface area contributed by atoms with E-state index >= 15 is 0 Å². The van der Waals surface area contributed by atoms with Gasteiger partial charge in [-0.2, -0.15) is 0 Å². The van der Waals surface area contributed by atoms with Gasteiger partial charge in [-0.1, -0.05) is 48.6 Å². The molecule has 0 saturated carbocycles. The lowest BCUT2D eigenvalue weighted by molar-refractivity contribution is -0.114. The molecule has 2 rings (SSSR count). The maximum Gasteiger partial charge on any atom is 0.224 e. The number of ketones is 1. The van der Waals surface area contributed by atoms with Gasteiger partial charge in [0.15, 0.2) is 5.76 Å². The van der Waals surface area contributed by atoms with Gasteiger partial charge in [-0.05, 0) is 11.6 Å². The van der Waals surface area contributed by atoms with Crippen molar-refractivity contribution in [2.24, 2.45) is 0 Å². The number of carbonyl (C=O) groups is 1. The minimum atomic E-state index is -0.329. The van der Waals surface area contributed by atoms with Crippen LogP contribution in [-0.4, -0.2) is 18.0 Å². The van der Waals surface area contributed by atoms with Crippen LogP contribution in [0.5, 0.6) is 0 Å². The van der Waals surface area contributed by atoms with Crippen molar-refractivity contribution in [3.8, 4) is 0 Å². The Morgan fingerprint density at radius 2 is 1.89 bits per heavy atom. The largest absolute Gasteiger partial charge is 0.507 e. The zero-order valence-corrected chi connectivity index (χ0v) is 10.5. The minimum absolute atomic E-state index is 0.0523. The van der Waals surface area contributed by atoms with Gasteiger partial charge >= 0.3 is 0 Å². The van der Waals surface area contributed by atoms with Crippen LogP contribution in [0, 0.1) is 0 Å². The van der Waals surface area contributed by atoms with E-state index in [9.17, 15) is 9.90 Å². The second-order valence-corrected chi connectivity index (χ2v) is 4.00. The molecule has 0 saturated heterocycles. The average Bonchev–Trinajstić information content (AvgIpc) is 2.42. The summed E-state index contributed by atoms with van der Waals surface area (Å²) in [6.45, 7) is 0. The molecule has 0 bridgehead atoms.